The molecule has 2 aromatic carbocycles. The van der Waals surface area contributed by atoms with Crippen LogP contribution in [0.1, 0.15) is 12.0 Å². The van der Waals surface area contributed by atoms with Crippen LogP contribution >= 0.6 is 0 Å². The summed E-state index contributed by atoms with van der Waals surface area (Å²) in [5.41, 5.74) is 6.79. The zero-order valence-electron chi connectivity index (χ0n) is 21.1. The largest absolute Gasteiger partial charge is 0.385 e. The first-order valence-corrected chi connectivity index (χ1v) is 14.5. The van der Waals surface area contributed by atoms with Gasteiger partial charge in [-0.05, 0) is 67.9 Å². The van der Waals surface area contributed by atoms with E-state index in [-0.39, 0.29) is 4.90 Å². The van der Waals surface area contributed by atoms with E-state index in [9.17, 15) is 8.42 Å². The van der Waals surface area contributed by atoms with E-state index in [4.69, 9.17) is 5.10 Å². The van der Waals surface area contributed by atoms with Crippen molar-refractivity contribution in [2.24, 2.45) is 0 Å². The molecule has 0 aliphatic carbocycles. The first-order chi connectivity index (χ1) is 17.8. The summed E-state index contributed by atoms with van der Waals surface area (Å²) >= 11 is 0. The molecule has 2 aromatic heterocycles. The van der Waals surface area contributed by atoms with Gasteiger partial charge in [-0.15, -0.1) is 5.10 Å². The van der Waals surface area contributed by atoms with Crippen molar-refractivity contribution < 1.29 is 8.42 Å². The minimum atomic E-state index is -3.39. The van der Waals surface area contributed by atoms with Gasteiger partial charge >= 0.3 is 0 Å². The summed E-state index contributed by atoms with van der Waals surface area (Å²) in [6, 6.07) is 17.8. The molecule has 0 bridgehead atoms. The van der Waals surface area contributed by atoms with E-state index in [1.165, 1.54) is 17.5 Å². The van der Waals surface area contributed by atoms with Gasteiger partial charge in [-0.1, -0.05) is 12.1 Å². The Morgan fingerprint density at radius 3 is 2.65 bits per heavy atom. The predicted molar refractivity (Wildman–Crippen MR) is 148 cm³/mol. The van der Waals surface area contributed by atoms with E-state index >= 15 is 0 Å². The van der Waals surface area contributed by atoms with Crippen molar-refractivity contribution in [3.63, 3.8) is 0 Å². The van der Waals surface area contributed by atoms with Gasteiger partial charge in [0.25, 0.3) is 0 Å². The summed E-state index contributed by atoms with van der Waals surface area (Å²) in [6.45, 7) is 4.56. The lowest BCUT2D eigenvalue weighted by molar-refractivity contribution is 0.313. The average Bonchev–Trinajstić information content (AvgIpc) is 3.30. The maximum absolute atomic E-state index is 12.5. The first kappa shape index (κ1) is 23.7. The van der Waals surface area contributed by atoms with Gasteiger partial charge in [0, 0.05) is 61.6 Å². The molecule has 1 saturated heterocycles. The van der Waals surface area contributed by atoms with Crippen LogP contribution < -0.4 is 15.5 Å². The monoisotopic (exact) mass is 517 g/mol. The lowest BCUT2D eigenvalue weighted by Crippen LogP contribution is -2.44. The molecule has 1 fully saturated rings. The molecule has 37 heavy (non-hydrogen) atoms. The number of sulfone groups is 1. The number of nitrogens with one attached hydrogen (secondary N) is 2. The lowest BCUT2D eigenvalue weighted by Gasteiger charge is -2.34. The van der Waals surface area contributed by atoms with Crippen LogP contribution in [0.25, 0.3) is 16.9 Å². The van der Waals surface area contributed by atoms with E-state index in [2.05, 4.69) is 50.7 Å². The highest BCUT2D eigenvalue weighted by molar-refractivity contribution is 7.90. The van der Waals surface area contributed by atoms with E-state index < -0.39 is 9.84 Å². The summed E-state index contributed by atoms with van der Waals surface area (Å²) < 4.78 is 26.8. The van der Waals surface area contributed by atoms with Gasteiger partial charge in [0.2, 0.25) is 5.95 Å². The van der Waals surface area contributed by atoms with Crippen molar-refractivity contribution in [1.29, 1.82) is 0 Å². The maximum Gasteiger partial charge on any atom is 0.247 e. The molecule has 9 nitrogen and oxygen atoms in total. The third kappa shape index (κ3) is 4.86. The van der Waals surface area contributed by atoms with Crippen molar-refractivity contribution in [2.45, 2.75) is 17.7 Å². The molecule has 2 aliphatic rings. The zero-order valence-corrected chi connectivity index (χ0v) is 21.9. The minimum Gasteiger partial charge on any atom is -0.385 e. The Morgan fingerprint density at radius 1 is 1.00 bits per heavy atom. The average molecular weight is 518 g/mol. The smallest absolute Gasteiger partial charge is 0.247 e. The van der Waals surface area contributed by atoms with E-state index in [0.717, 1.165) is 68.2 Å². The Kier molecular flexibility index (Phi) is 6.00. The molecule has 0 unspecified atom stereocenters. The third-order valence-corrected chi connectivity index (χ3v) is 8.24. The molecule has 2 N–H and O–H groups in total. The number of benzene rings is 2. The summed E-state index contributed by atoms with van der Waals surface area (Å²) in [5, 5.41) is 11.5. The summed E-state index contributed by atoms with van der Waals surface area (Å²) in [6.07, 6.45) is 3.42. The van der Waals surface area contributed by atoms with Gasteiger partial charge in [-0.25, -0.2) is 12.9 Å². The highest BCUT2D eigenvalue weighted by Gasteiger charge is 2.19. The van der Waals surface area contributed by atoms with Gasteiger partial charge in [-0.2, -0.15) is 4.98 Å². The van der Waals surface area contributed by atoms with Crippen molar-refractivity contribution in [2.75, 3.05) is 61.6 Å². The number of fused-ring (bicyclic) bond motifs is 2. The number of anilines is 4. The normalized spacial score (nSPS) is 16.4. The van der Waals surface area contributed by atoms with Crippen LogP contribution in [0.5, 0.6) is 0 Å². The van der Waals surface area contributed by atoms with Crippen LogP contribution in [-0.2, 0) is 16.3 Å². The van der Waals surface area contributed by atoms with Gasteiger partial charge in [0.05, 0.1) is 10.6 Å². The Morgan fingerprint density at radius 2 is 1.84 bits per heavy atom. The van der Waals surface area contributed by atoms with E-state index in [1.54, 1.807) is 12.1 Å². The minimum absolute atomic E-state index is 0.276. The number of hydrogen-bond acceptors (Lipinski definition) is 8. The number of piperazine rings is 1. The van der Waals surface area contributed by atoms with E-state index in [1.807, 2.05) is 28.8 Å². The van der Waals surface area contributed by atoms with Gasteiger partial charge in [0.1, 0.15) is 0 Å². The number of likely N-dealkylation sites (N-methyl/N-ethyl adjacent to an activating group) is 1. The number of aromatic nitrogens is 3. The summed E-state index contributed by atoms with van der Waals surface area (Å²) in [4.78, 5) is 9.45. The number of aryl methyl sites for hydroxylation is 1. The molecule has 6 rings (SSSR count). The van der Waals surface area contributed by atoms with Crippen LogP contribution in [-0.4, -0.2) is 73.9 Å². The van der Waals surface area contributed by atoms with Crippen molar-refractivity contribution in [1.82, 2.24) is 19.5 Å². The van der Waals surface area contributed by atoms with Crippen molar-refractivity contribution in [3.8, 4) is 11.3 Å². The van der Waals surface area contributed by atoms with Gasteiger partial charge in [-0.3, -0.25) is 0 Å². The summed E-state index contributed by atoms with van der Waals surface area (Å²) in [7, 11) is -1.29. The zero-order chi connectivity index (χ0) is 25.6. The van der Waals surface area contributed by atoms with E-state index in [0.29, 0.717) is 11.6 Å². The van der Waals surface area contributed by atoms with Crippen LogP contribution in [0.3, 0.4) is 0 Å². The van der Waals surface area contributed by atoms with Gasteiger partial charge in [0.15, 0.2) is 15.5 Å². The molecule has 4 aromatic rings. The fourth-order valence-electron chi connectivity index (χ4n) is 5.06. The highest BCUT2D eigenvalue weighted by Crippen LogP contribution is 2.30. The molecular formula is C27H31N7O2S. The molecule has 2 aliphatic heterocycles. The molecule has 0 amide bonds. The second-order valence-electron chi connectivity index (χ2n) is 9.92. The topological polar surface area (TPSA) is 94.9 Å². The maximum atomic E-state index is 12.5. The standard InChI is InChI=1S/C27H31N7O2S/c1-32-11-13-33(14-12-32)22-16-21(17-23(18-22)37(2,35)36)29-27-30-26-7-3-6-25(34(26)31-27)20-8-9-24-19(15-20)5-4-10-28-24/h3,6-9,15-18,28H,4-5,10-14H2,1-2H3,(H,29,31). The summed E-state index contributed by atoms with van der Waals surface area (Å²) in [5.74, 6) is 0.419. The van der Waals surface area contributed by atoms with Crippen LogP contribution in [0, 0.1) is 0 Å². The number of rotatable bonds is 5. The SMILES string of the molecule is CN1CCN(c2cc(Nc3nc4cccc(-c5ccc6c(c5)CCCN6)n4n3)cc(S(C)(=O)=O)c2)CC1. The number of hydrogen-bond donors (Lipinski definition) is 2. The Balaban J connectivity index is 1.35. The van der Waals surface area contributed by atoms with Crippen LogP contribution in [0.2, 0.25) is 0 Å². The Labute approximate surface area is 217 Å². The molecular weight excluding hydrogens is 486 g/mol. The quantitative estimate of drug-likeness (QED) is 0.414. The van der Waals surface area contributed by atoms with Gasteiger partial charge < -0.3 is 20.4 Å². The second-order valence-corrected chi connectivity index (χ2v) is 11.9. The third-order valence-electron chi connectivity index (χ3n) is 7.14. The highest BCUT2D eigenvalue weighted by atomic mass is 32.2. The first-order valence-electron chi connectivity index (χ1n) is 12.6. The molecule has 0 saturated carbocycles. The molecule has 0 radical (unpaired) electrons. The second kappa shape index (κ2) is 9.35. The molecule has 10 heteroatoms. The Bertz CT molecular complexity index is 1570. The lowest BCUT2D eigenvalue weighted by atomic mass is 9.99. The fourth-order valence-corrected chi connectivity index (χ4v) is 5.73. The number of pyridine rings is 1. The fraction of sp³-hybridized carbons (Fsp3) is 0.333. The van der Waals surface area contributed by atoms with Crippen molar-refractivity contribution >= 4 is 38.5 Å². The molecule has 192 valence electrons. The van der Waals surface area contributed by atoms with Crippen LogP contribution in [0.15, 0.2) is 59.5 Å². The molecule has 4 heterocycles. The Hall–Kier alpha value is -3.63. The van der Waals surface area contributed by atoms with Crippen molar-refractivity contribution in [3.05, 3.63) is 60.2 Å². The molecule has 0 spiro atoms. The molecule has 0 atom stereocenters. The number of nitrogens with zero attached hydrogens (tertiary/aromatic N) is 5. The predicted octanol–water partition coefficient (Wildman–Crippen LogP) is 3.65. The van der Waals surface area contributed by atoms with Crippen LogP contribution in [0.4, 0.5) is 23.0 Å².